The van der Waals surface area contributed by atoms with Crippen molar-refractivity contribution >= 4 is 0 Å². The Morgan fingerprint density at radius 2 is 1.93 bits per heavy atom. The van der Waals surface area contributed by atoms with Gasteiger partial charge in [0.05, 0.1) is 0 Å². The van der Waals surface area contributed by atoms with Crippen molar-refractivity contribution in [1.29, 1.82) is 0 Å². The maximum atomic E-state index is 5.97. The van der Waals surface area contributed by atoms with Crippen LogP contribution in [0.4, 0.5) is 0 Å². The molecule has 2 aromatic rings. The summed E-state index contributed by atoms with van der Waals surface area (Å²) in [6, 6.07) is 10.8. The maximum absolute atomic E-state index is 5.97. The van der Waals surface area contributed by atoms with Crippen molar-refractivity contribution in [2.75, 3.05) is 6.54 Å². The van der Waals surface area contributed by atoms with Crippen molar-refractivity contribution in [2.45, 2.75) is 52.5 Å². The third-order valence-corrected chi connectivity index (χ3v) is 6.21. The minimum absolute atomic E-state index is 0.499. The lowest BCUT2D eigenvalue weighted by Gasteiger charge is -2.37. The van der Waals surface area contributed by atoms with Crippen molar-refractivity contribution in [3.8, 4) is 11.5 Å². The van der Waals surface area contributed by atoms with E-state index in [1.807, 2.05) is 30.3 Å². The zero-order valence-electron chi connectivity index (χ0n) is 16.7. The molecular formula is C23H31N3O. The normalized spacial score (nSPS) is 25.6. The first kappa shape index (κ1) is 18.4. The molecule has 1 fully saturated rings. The van der Waals surface area contributed by atoms with Crippen molar-refractivity contribution in [1.82, 2.24) is 15.5 Å². The molecule has 2 aliphatic rings. The Balaban J connectivity index is 1.45. The summed E-state index contributed by atoms with van der Waals surface area (Å²) >= 11 is 0. The first-order valence-electron chi connectivity index (χ1n) is 10.4. The van der Waals surface area contributed by atoms with Gasteiger partial charge in [0, 0.05) is 24.6 Å². The average molecular weight is 366 g/mol. The van der Waals surface area contributed by atoms with Crippen LogP contribution in [0.3, 0.4) is 0 Å². The third-order valence-electron chi connectivity index (χ3n) is 6.21. The van der Waals surface area contributed by atoms with Gasteiger partial charge in [0.1, 0.15) is 0 Å². The Hall–Kier alpha value is -1.94. The number of benzene rings is 1. The lowest BCUT2D eigenvalue weighted by molar-refractivity contribution is 0.218. The van der Waals surface area contributed by atoms with E-state index in [0.29, 0.717) is 29.6 Å². The van der Waals surface area contributed by atoms with Crippen molar-refractivity contribution in [2.24, 2.45) is 23.7 Å². The quantitative estimate of drug-likeness (QED) is 0.710. The summed E-state index contributed by atoms with van der Waals surface area (Å²) in [7, 11) is 0. The van der Waals surface area contributed by atoms with E-state index in [-0.39, 0.29) is 0 Å². The summed E-state index contributed by atoms with van der Waals surface area (Å²) in [4.78, 5) is 0. The SMILES string of the molecule is CC1=C[C@@H](CNC2CC2)[C@H](C(C)C)C[C@H]1Cc1nnc(-c2ccccc2)o1. The Morgan fingerprint density at radius 3 is 2.63 bits per heavy atom. The lowest BCUT2D eigenvalue weighted by atomic mass is 9.70. The predicted molar refractivity (Wildman–Crippen MR) is 108 cm³/mol. The molecule has 1 aromatic carbocycles. The van der Waals surface area contributed by atoms with Crippen molar-refractivity contribution in [3.05, 3.63) is 47.9 Å². The van der Waals surface area contributed by atoms with E-state index in [0.717, 1.165) is 30.5 Å². The van der Waals surface area contributed by atoms with Crippen LogP contribution >= 0.6 is 0 Å². The van der Waals surface area contributed by atoms with Gasteiger partial charge in [-0.25, -0.2) is 0 Å². The molecular weight excluding hydrogens is 334 g/mol. The third kappa shape index (κ3) is 4.49. The summed E-state index contributed by atoms with van der Waals surface area (Å²) in [5.41, 5.74) is 2.47. The molecule has 0 aliphatic heterocycles. The standard InChI is InChI=1S/C23H31N3O/c1-15(2)21-12-18(16(3)11-19(21)14-24-20-9-10-20)13-22-25-26-23(27-22)17-7-5-4-6-8-17/h4-8,11,15,18-21,24H,9-10,12-14H2,1-3H3/t18-,19-,21-/m0/s1. The molecule has 27 heavy (non-hydrogen) atoms. The molecule has 1 N–H and O–H groups in total. The van der Waals surface area contributed by atoms with E-state index in [2.05, 4.69) is 42.4 Å². The maximum Gasteiger partial charge on any atom is 0.247 e. The minimum atomic E-state index is 0.499. The molecule has 0 radical (unpaired) electrons. The van der Waals surface area contributed by atoms with Gasteiger partial charge in [-0.2, -0.15) is 0 Å². The molecule has 1 saturated carbocycles. The Labute approximate surface area is 162 Å². The highest BCUT2D eigenvalue weighted by molar-refractivity contribution is 5.51. The van der Waals surface area contributed by atoms with E-state index >= 15 is 0 Å². The Kier molecular flexibility index (Phi) is 5.44. The fourth-order valence-electron chi connectivity index (χ4n) is 4.34. The smallest absolute Gasteiger partial charge is 0.247 e. The van der Waals surface area contributed by atoms with Gasteiger partial charge in [0.15, 0.2) is 0 Å². The Morgan fingerprint density at radius 1 is 1.15 bits per heavy atom. The molecule has 0 bridgehead atoms. The summed E-state index contributed by atoms with van der Waals surface area (Å²) in [6.45, 7) is 8.12. The second kappa shape index (κ2) is 7.97. The largest absolute Gasteiger partial charge is 0.421 e. The Bertz CT molecular complexity index is 776. The number of rotatable bonds is 7. The fraction of sp³-hybridized carbons (Fsp3) is 0.565. The molecule has 4 nitrogen and oxygen atoms in total. The van der Waals surface area contributed by atoms with Crippen LogP contribution in [0.25, 0.3) is 11.5 Å². The number of allylic oxidation sites excluding steroid dienone is 1. The minimum Gasteiger partial charge on any atom is -0.421 e. The number of aromatic nitrogens is 2. The van der Waals surface area contributed by atoms with Gasteiger partial charge in [0.25, 0.3) is 0 Å². The van der Waals surface area contributed by atoms with Gasteiger partial charge in [-0.3, -0.25) is 0 Å². The summed E-state index contributed by atoms with van der Waals surface area (Å²) in [5.74, 6) is 3.91. The molecule has 1 aromatic heterocycles. The second-order valence-electron chi connectivity index (χ2n) is 8.67. The molecule has 4 rings (SSSR count). The van der Waals surface area contributed by atoms with Crippen LogP contribution in [0.15, 0.2) is 46.4 Å². The first-order chi connectivity index (χ1) is 13.1. The number of hydrogen-bond donors (Lipinski definition) is 1. The summed E-state index contributed by atoms with van der Waals surface area (Å²) in [6.07, 6.45) is 7.27. The van der Waals surface area contributed by atoms with Crippen molar-refractivity contribution < 1.29 is 4.42 Å². The van der Waals surface area contributed by atoms with Crippen LogP contribution < -0.4 is 5.32 Å². The second-order valence-corrected chi connectivity index (χ2v) is 8.67. The number of nitrogens with one attached hydrogen (secondary N) is 1. The van der Waals surface area contributed by atoms with E-state index in [1.54, 1.807) is 0 Å². The van der Waals surface area contributed by atoms with Crippen LogP contribution in [0.1, 0.15) is 45.9 Å². The highest BCUT2D eigenvalue weighted by Gasteiger charge is 2.33. The zero-order chi connectivity index (χ0) is 18.8. The predicted octanol–water partition coefficient (Wildman–Crippen LogP) is 4.89. The van der Waals surface area contributed by atoms with Crippen LogP contribution in [-0.2, 0) is 6.42 Å². The van der Waals surface area contributed by atoms with Gasteiger partial charge >= 0.3 is 0 Å². The molecule has 4 heteroatoms. The van der Waals surface area contributed by atoms with E-state index in [9.17, 15) is 0 Å². The molecule has 0 amide bonds. The van der Waals surface area contributed by atoms with Gasteiger partial charge < -0.3 is 9.73 Å². The molecule has 3 atom stereocenters. The van der Waals surface area contributed by atoms with Gasteiger partial charge in [-0.1, -0.05) is 43.7 Å². The van der Waals surface area contributed by atoms with Crippen molar-refractivity contribution in [3.63, 3.8) is 0 Å². The van der Waals surface area contributed by atoms with E-state index in [1.165, 1.54) is 24.8 Å². The lowest BCUT2D eigenvalue weighted by Crippen LogP contribution is -2.35. The highest BCUT2D eigenvalue weighted by Crippen LogP contribution is 2.39. The molecule has 0 spiro atoms. The van der Waals surface area contributed by atoms with Gasteiger partial charge in [0.2, 0.25) is 11.8 Å². The summed E-state index contributed by atoms with van der Waals surface area (Å²) in [5, 5.41) is 12.3. The van der Waals surface area contributed by atoms with Gasteiger partial charge in [-0.05, 0) is 62.0 Å². The molecule has 144 valence electrons. The molecule has 0 unspecified atom stereocenters. The van der Waals surface area contributed by atoms with E-state index in [4.69, 9.17) is 4.42 Å². The molecule has 1 heterocycles. The van der Waals surface area contributed by atoms with Gasteiger partial charge in [-0.15, -0.1) is 10.2 Å². The van der Waals surface area contributed by atoms with Crippen LogP contribution in [0, 0.1) is 23.7 Å². The molecule has 2 aliphatic carbocycles. The highest BCUT2D eigenvalue weighted by atomic mass is 16.4. The van der Waals surface area contributed by atoms with Crippen LogP contribution in [0.5, 0.6) is 0 Å². The van der Waals surface area contributed by atoms with Crippen LogP contribution in [0.2, 0.25) is 0 Å². The number of hydrogen-bond acceptors (Lipinski definition) is 4. The topological polar surface area (TPSA) is 51.0 Å². The fourth-order valence-corrected chi connectivity index (χ4v) is 4.34. The first-order valence-corrected chi connectivity index (χ1v) is 10.4. The monoisotopic (exact) mass is 365 g/mol. The van der Waals surface area contributed by atoms with E-state index < -0.39 is 0 Å². The van der Waals surface area contributed by atoms with Crippen LogP contribution in [-0.4, -0.2) is 22.8 Å². The zero-order valence-corrected chi connectivity index (χ0v) is 16.7. The summed E-state index contributed by atoms with van der Waals surface area (Å²) < 4.78 is 5.97. The number of nitrogens with zero attached hydrogens (tertiary/aromatic N) is 2. The molecule has 0 saturated heterocycles. The average Bonchev–Trinajstić information content (AvgIpc) is 3.38.